The van der Waals surface area contributed by atoms with Gasteiger partial charge < -0.3 is 15.7 Å². The van der Waals surface area contributed by atoms with Gasteiger partial charge in [-0.3, -0.25) is 4.90 Å². The normalized spacial score (nSPS) is 16.5. The van der Waals surface area contributed by atoms with Crippen LogP contribution in [0.4, 0.5) is 4.79 Å². The van der Waals surface area contributed by atoms with Crippen LogP contribution in [0.2, 0.25) is 0 Å². The highest BCUT2D eigenvalue weighted by Gasteiger charge is 2.21. The van der Waals surface area contributed by atoms with Gasteiger partial charge in [-0.1, -0.05) is 0 Å². The molecule has 1 aliphatic heterocycles. The second-order valence-electron chi connectivity index (χ2n) is 5.15. The van der Waals surface area contributed by atoms with E-state index in [4.69, 9.17) is 5.11 Å². The average molecular weight is 297 g/mol. The number of aliphatic hydroxyl groups excluding tert-OH is 1. The number of thiophene rings is 1. The van der Waals surface area contributed by atoms with Crippen LogP contribution in [0.5, 0.6) is 0 Å². The minimum absolute atomic E-state index is 0.105. The number of carbonyl (C=O) groups is 1. The molecule has 20 heavy (non-hydrogen) atoms. The Kier molecular flexibility index (Phi) is 5.82. The lowest BCUT2D eigenvalue weighted by Gasteiger charge is -2.32. The van der Waals surface area contributed by atoms with E-state index in [0.717, 1.165) is 19.5 Å². The molecule has 3 N–H and O–H groups in total. The standard InChI is InChI=1S/C14H23N3O2S/c1-11(9-16-14(19)15-5-2-7-18)17-6-3-13-12(10-17)4-8-20-13/h4,8,11,18H,2-3,5-7,9-10H2,1H3,(H2,15,16,19). The fraction of sp³-hybridized carbons (Fsp3) is 0.643. The molecule has 2 heterocycles. The van der Waals surface area contributed by atoms with Gasteiger partial charge in [0.15, 0.2) is 0 Å². The van der Waals surface area contributed by atoms with Gasteiger partial charge in [0.25, 0.3) is 0 Å². The van der Waals surface area contributed by atoms with Crippen LogP contribution in [-0.2, 0) is 13.0 Å². The summed E-state index contributed by atoms with van der Waals surface area (Å²) in [5, 5.41) is 16.4. The molecule has 1 aromatic rings. The molecular weight excluding hydrogens is 274 g/mol. The highest BCUT2D eigenvalue weighted by Crippen LogP contribution is 2.24. The lowest BCUT2D eigenvalue weighted by Crippen LogP contribution is -2.46. The van der Waals surface area contributed by atoms with Crippen molar-refractivity contribution in [3.8, 4) is 0 Å². The van der Waals surface area contributed by atoms with Crippen molar-refractivity contribution in [1.29, 1.82) is 0 Å². The van der Waals surface area contributed by atoms with Crippen LogP contribution in [0.3, 0.4) is 0 Å². The van der Waals surface area contributed by atoms with Crippen LogP contribution < -0.4 is 10.6 Å². The highest BCUT2D eigenvalue weighted by atomic mass is 32.1. The molecule has 1 aromatic heterocycles. The fourth-order valence-electron chi connectivity index (χ4n) is 2.36. The lowest BCUT2D eigenvalue weighted by molar-refractivity contribution is 0.186. The third kappa shape index (κ3) is 4.19. The molecule has 0 fully saturated rings. The van der Waals surface area contributed by atoms with Gasteiger partial charge in [0.05, 0.1) is 0 Å². The summed E-state index contributed by atoms with van der Waals surface area (Å²) < 4.78 is 0. The third-order valence-electron chi connectivity index (χ3n) is 3.64. The first-order valence-corrected chi connectivity index (χ1v) is 8.00. The smallest absolute Gasteiger partial charge is 0.314 e. The zero-order valence-corrected chi connectivity index (χ0v) is 12.7. The molecule has 0 aliphatic carbocycles. The monoisotopic (exact) mass is 297 g/mol. The Hall–Kier alpha value is -1.11. The number of hydrogen-bond acceptors (Lipinski definition) is 4. The Morgan fingerprint density at radius 2 is 2.40 bits per heavy atom. The number of urea groups is 1. The predicted molar refractivity (Wildman–Crippen MR) is 81.0 cm³/mol. The van der Waals surface area contributed by atoms with Crippen molar-refractivity contribution >= 4 is 17.4 Å². The largest absolute Gasteiger partial charge is 0.396 e. The van der Waals surface area contributed by atoms with Crippen LogP contribution in [0.1, 0.15) is 23.8 Å². The average Bonchev–Trinajstić information content (AvgIpc) is 2.92. The molecule has 0 bridgehead atoms. The fourth-order valence-corrected chi connectivity index (χ4v) is 3.25. The summed E-state index contributed by atoms with van der Waals surface area (Å²) in [7, 11) is 0. The van der Waals surface area contributed by atoms with Crippen molar-refractivity contribution in [2.45, 2.75) is 32.4 Å². The Morgan fingerprint density at radius 3 is 3.20 bits per heavy atom. The topological polar surface area (TPSA) is 64.6 Å². The van der Waals surface area contributed by atoms with E-state index in [1.165, 1.54) is 10.4 Å². The zero-order chi connectivity index (χ0) is 14.4. The molecule has 0 spiro atoms. The van der Waals surface area contributed by atoms with E-state index in [-0.39, 0.29) is 12.6 Å². The molecule has 2 amide bonds. The molecule has 1 unspecified atom stereocenters. The maximum Gasteiger partial charge on any atom is 0.314 e. The summed E-state index contributed by atoms with van der Waals surface area (Å²) in [6.45, 7) is 5.44. The summed E-state index contributed by atoms with van der Waals surface area (Å²) in [5.74, 6) is 0. The molecule has 6 heteroatoms. The van der Waals surface area contributed by atoms with Crippen molar-refractivity contribution in [1.82, 2.24) is 15.5 Å². The number of nitrogens with zero attached hydrogens (tertiary/aromatic N) is 1. The number of rotatable bonds is 6. The Bertz CT molecular complexity index is 436. The van der Waals surface area contributed by atoms with Gasteiger partial charge in [-0.2, -0.15) is 0 Å². The summed E-state index contributed by atoms with van der Waals surface area (Å²) in [4.78, 5) is 15.5. The van der Waals surface area contributed by atoms with Gasteiger partial charge in [0, 0.05) is 43.7 Å². The van der Waals surface area contributed by atoms with E-state index >= 15 is 0 Å². The van der Waals surface area contributed by atoms with Crippen molar-refractivity contribution in [3.05, 3.63) is 21.9 Å². The number of carbonyl (C=O) groups excluding carboxylic acids is 1. The molecule has 0 saturated carbocycles. The molecule has 1 aliphatic rings. The first-order chi connectivity index (χ1) is 9.70. The van der Waals surface area contributed by atoms with Crippen molar-refractivity contribution in [2.75, 3.05) is 26.2 Å². The van der Waals surface area contributed by atoms with Gasteiger partial charge in [-0.05, 0) is 36.8 Å². The van der Waals surface area contributed by atoms with Crippen LogP contribution in [-0.4, -0.2) is 48.3 Å². The minimum Gasteiger partial charge on any atom is -0.396 e. The van der Waals surface area contributed by atoms with Crippen LogP contribution in [0, 0.1) is 0 Å². The first-order valence-electron chi connectivity index (χ1n) is 7.12. The first kappa shape index (κ1) is 15.3. The third-order valence-corrected chi connectivity index (χ3v) is 4.66. The van der Waals surface area contributed by atoms with Gasteiger partial charge >= 0.3 is 6.03 Å². The van der Waals surface area contributed by atoms with E-state index in [9.17, 15) is 4.79 Å². The maximum absolute atomic E-state index is 11.5. The van der Waals surface area contributed by atoms with Crippen LogP contribution in [0.15, 0.2) is 11.4 Å². The maximum atomic E-state index is 11.5. The van der Waals surface area contributed by atoms with E-state index in [1.54, 1.807) is 0 Å². The van der Waals surface area contributed by atoms with E-state index in [1.807, 2.05) is 11.3 Å². The van der Waals surface area contributed by atoms with Gasteiger partial charge in [-0.25, -0.2) is 4.79 Å². The Morgan fingerprint density at radius 1 is 1.55 bits per heavy atom. The Labute approximate surface area is 124 Å². The molecular formula is C14H23N3O2S. The zero-order valence-electron chi connectivity index (χ0n) is 11.9. The van der Waals surface area contributed by atoms with Crippen LogP contribution in [0.25, 0.3) is 0 Å². The van der Waals surface area contributed by atoms with Crippen molar-refractivity contribution in [3.63, 3.8) is 0 Å². The molecule has 0 saturated heterocycles. The van der Waals surface area contributed by atoms with Crippen molar-refractivity contribution in [2.24, 2.45) is 0 Å². The molecule has 112 valence electrons. The molecule has 5 nitrogen and oxygen atoms in total. The van der Waals surface area contributed by atoms with Crippen molar-refractivity contribution < 1.29 is 9.90 Å². The van der Waals surface area contributed by atoms with E-state index in [2.05, 4.69) is 33.9 Å². The van der Waals surface area contributed by atoms with E-state index in [0.29, 0.717) is 25.6 Å². The summed E-state index contributed by atoms with van der Waals surface area (Å²) in [5.41, 5.74) is 1.43. The lowest BCUT2D eigenvalue weighted by atomic mass is 10.1. The SMILES string of the molecule is CC(CNC(=O)NCCCO)N1CCc2sccc2C1. The number of hydrogen-bond donors (Lipinski definition) is 3. The Balaban J connectivity index is 1.70. The summed E-state index contributed by atoms with van der Waals surface area (Å²) >= 11 is 1.84. The second-order valence-corrected chi connectivity index (χ2v) is 6.15. The van der Waals surface area contributed by atoms with Gasteiger partial charge in [0.2, 0.25) is 0 Å². The molecule has 1 atom stereocenters. The number of fused-ring (bicyclic) bond motifs is 1. The van der Waals surface area contributed by atoms with Crippen LogP contribution >= 0.6 is 11.3 Å². The highest BCUT2D eigenvalue weighted by molar-refractivity contribution is 7.10. The summed E-state index contributed by atoms with van der Waals surface area (Å²) in [6, 6.07) is 2.37. The van der Waals surface area contributed by atoms with Gasteiger partial charge in [0.1, 0.15) is 0 Å². The second kappa shape index (κ2) is 7.61. The number of nitrogens with one attached hydrogen (secondary N) is 2. The molecule has 0 radical (unpaired) electrons. The quantitative estimate of drug-likeness (QED) is 0.691. The number of amides is 2. The molecule has 2 rings (SSSR count). The number of aliphatic hydroxyl groups is 1. The molecule has 0 aromatic carbocycles. The van der Waals surface area contributed by atoms with E-state index < -0.39 is 0 Å². The van der Waals surface area contributed by atoms with Gasteiger partial charge in [-0.15, -0.1) is 11.3 Å². The predicted octanol–water partition coefficient (Wildman–Crippen LogP) is 1.18. The summed E-state index contributed by atoms with van der Waals surface area (Å²) in [6.07, 6.45) is 1.70. The minimum atomic E-state index is -0.154.